The lowest BCUT2D eigenvalue weighted by molar-refractivity contribution is 0.619. The Kier molecular flexibility index (Phi) is 3.81. The zero-order chi connectivity index (χ0) is 12.3. The Balaban J connectivity index is 2.23. The summed E-state index contributed by atoms with van der Waals surface area (Å²) >= 11 is 1.46. The molecule has 0 saturated carbocycles. The lowest BCUT2D eigenvalue weighted by Crippen LogP contribution is -2.05. The Morgan fingerprint density at radius 3 is 2.88 bits per heavy atom. The van der Waals surface area contributed by atoms with E-state index in [0.29, 0.717) is 6.54 Å². The van der Waals surface area contributed by atoms with Crippen molar-refractivity contribution in [2.45, 2.75) is 16.6 Å². The molecule has 0 aliphatic carbocycles. The zero-order valence-corrected chi connectivity index (χ0v) is 10.6. The number of aromatic nitrogens is 2. The van der Waals surface area contributed by atoms with Gasteiger partial charge >= 0.3 is 0 Å². The minimum atomic E-state index is -0.213. The number of nitrogens with zero attached hydrogens (tertiary/aromatic N) is 2. The average molecular weight is 251 g/mol. The maximum absolute atomic E-state index is 13.4. The molecule has 0 radical (unpaired) electrons. The van der Waals surface area contributed by atoms with Gasteiger partial charge in [-0.1, -0.05) is 11.8 Å². The number of rotatable bonds is 4. The molecule has 1 heterocycles. The summed E-state index contributed by atoms with van der Waals surface area (Å²) in [5.41, 5.74) is 0.934. The molecule has 0 amide bonds. The monoisotopic (exact) mass is 251 g/mol. The Hall–Kier alpha value is -1.33. The number of aryl methyl sites for hydroxylation is 1. The lowest BCUT2D eigenvalue weighted by Gasteiger charge is -2.05. The molecule has 0 unspecified atom stereocenters. The van der Waals surface area contributed by atoms with E-state index in [1.54, 1.807) is 12.3 Å². The normalized spacial score (nSPS) is 10.8. The van der Waals surface area contributed by atoms with Gasteiger partial charge in [-0.25, -0.2) is 9.37 Å². The van der Waals surface area contributed by atoms with E-state index in [1.807, 2.05) is 30.9 Å². The van der Waals surface area contributed by atoms with Crippen LogP contribution in [0.5, 0.6) is 0 Å². The van der Waals surface area contributed by atoms with Gasteiger partial charge in [0.2, 0.25) is 0 Å². The quantitative estimate of drug-likeness (QED) is 0.905. The van der Waals surface area contributed by atoms with Crippen molar-refractivity contribution in [3.8, 4) is 0 Å². The third-order valence-corrected chi connectivity index (χ3v) is 3.35. The highest BCUT2D eigenvalue weighted by Crippen LogP contribution is 2.27. The fourth-order valence-corrected chi connectivity index (χ4v) is 2.45. The summed E-state index contributed by atoms with van der Waals surface area (Å²) in [5, 5.41) is 3.86. The zero-order valence-electron chi connectivity index (χ0n) is 9.77. The summed E-state index contributed by atoms with van der Waals surface area (Å²) in [6.07, 6.45) is 3.60. The molecule has 2 aromatic rings. The SMILES string of the molecule is CNCc1cc(F)cc(Sc2nccn2C)c1. The number of imidazole rings is 1. The van der Waals surface area contributed by atoms with Crippen LogP contribution in [0.3, 0.4) is 0 Å². The molecule has 1 N–H and O–H groups in total. The molecule has 0 aliphatic rings. The van der Waals surface area contributed by atoms with Gasteiger partial charge in [-0.05, 0) is 30.8 Å². The van der Waals surface area contributed by atoms with Gasteiger partial charge in [0.25, 0.3) is 0 Å². The Bertz CT molecular complexity index is 510. The van der Waals surface area contributed by atoms with E-state index in [2.05, 4.69) is 10.3 Å². The molecule has 1 aromatic heterocycles. The molecule has 1 aromatic carbocycles. The fourth-order valence-electron chi connectivity index (χ4n) is 1.54. The molecule has 0 bridgehead atoms. The Morgan fingerprint density at radius 2 is 2.24 bits per heavy atom. The third-order valence-electron chi connectivity index (χ3n) is 2.30. The van der Waals surface area contributed by atoms with Crippen LogP contribution < -0.4 is 5.32 Å². The van der Waals surface area contributed by atoms with Gasteiger partial charge in [0.1, 0.15) is 5.82 Å². The molecule has 2 rings (SSSR count). The van der Waals surface area contributed by atoms with Crippen molar-refractivity contribution in [2.24, 2.45) is 7.05 Å². The summed E-state index contributed by atoms with van der Waals surface area (Å²) in [5.74, 6) is -0.213. The van der Waals surface area contributed by atoms with Gasteiger partial charge in [0.15, 0.2) is 5.16 Å². The number of nitrogens with one attached hydrogen (secondary N) is 1. The van der Waals surface area contributed by atoms with Crippen molar-refractivity contribution in [2.75, 3.05) is 7.05 Å². The van der Waals surface area contributed by atoms with E-state index in [1.165, 1.54) is 17.8 Å². The van der Waals surface area contributed by atoms with Crippen LogP contribution in [0.4, 0.5) is 4.39 Å². The summed E-state index contributed by atoms with van der Waals surface area (Å²) in [7, 11) is 3.76. The van der Waals surface area contributed by atoms with Crippen LogP contribution in [-0.2, 0) is 13.6 Å². The predicted molar refractivity (Wildman–Crippen MR) is 66.5 cm³/mol. The number of hydrogen-bond acceptors (Lipinski definition) is 3. The first-order valence-corrected chi connectivity index (χ1v) is 6.10. The van der Waals surface area contributed by atoms with Gasteiger partial charge < -0.3 is 9.88 Å². The first kappa shape index (κ1) is 12.1. The molecule has 0 saturated heterocycles. The van der Waals surface area contributed by atoms with Gasteiger partial charge in [0.05, 0.1) is 0 Å². The number of hydrogen-bond donors (Lipinski definition) is 1. The summed E-state index contributed by atoms with van der Waals surface area (Å²) in [6, 6.07) is 5.04. The van der Waals surface area contributed by atoms with Crippen molar-refractivity contribution in [3.05, 3.63) is 42.0 Å². The van der Waals surface area contributed by atoms with Crippen molar-refractivity contribution in [3.63, 3.8) is 0 Å². The topological polar surface area (TPSA) is 29.9 Å². The highest BCUT2D eigenvalue weighted by molar-refractivity contribution is 7.99. The first-order valence-electron chi connectivity index (χ1n) is 5.28. The second kappa shape index (κ2) is 5.33. The van der Waals surface area contributed by atoms with Crippen molar-refractivity contribution in [1.82, 2.24) is 14.9 Å². The van der Waals surface area contributed by atoms with Crippen molar-refractivity contribution >= 4 is 11.8 Å². The van der Waals surface area contributed by atoms with Gasteiger partial charge in [-0.2, -0.15) is 0 Å². The van der Waals surface area contributed by atoms with E-state index < -0.39 is 0 Å². The average Bonchev–Trinajstić information content (AvgIpc) is 2.64. The van der Waals surface area contributed by atoms with E-state index in [-0.39, 0.29) is 5.82 Å². The third kappa shape index (κ3) is 3.08. The fraction of sp³-hybridized carbons (Fsp3) is 0.250. The van der Waals surface area contributed by atoms with Crippen LogP contribution in [0.15, 0.2) is 40.6 Å². The molecular formula is C12H14FN3S. The van der Waals surface area contributed by atoms with Crippen LogP contribution in [0.25, 0.3) is 0 Å². The maximum atomic E-state index is 13.4. The molecule has 0 atom stereocenters. The molecule has 5 heteroatoms. The predicted octanol–water partition coefficient (Wildman–Crippen LogP) is 2.43. The van der Waals surface area contributed by atoms with Crippen molar-refractivity contribution < 1.29 is 4.39 Å². The van der Waals surface area contributed by atoms with E-state index >= 15 is 0 Å². The number of benzene rings is 1. The van der Waals surface area contributed by atoms with E-state index in [9.17, 15) is 4.39 Å². The van der Waals surface area contributed by atoms with Gasteiger partial charge in [-0.3, -0.25) is 0 Å². The summed E-state index contributed by atoms with van der Waals surface area (Å²) in [6.45, 7) is 0.659. The second-order valence-corrected chi connectivity index (χ2v) is 4.79. The highest BCUT2D eigenvalue weighted by Gasteiger charge is 2.05. The van der Waals surface area contributed by atoms with E-state index in [0.717, 1.165) is 15.6 Å². The first-order chi connectivity index (χ1) is 8.19. The Labute approximate surface area is 104 Å². The molecule has 0 fully saturated rings. The highest BCUT2D eigenvalue weighted by atomic mass is 32.2. The number of halogens is 1. The molecule has 17 heavy (non-hydrogen) atoms. The van der Waals surface area contributed by atoms with Crippen LogP contribution in [0, 0.1) is 5.82 Å². The minimum absolute atomic E-state index is 0.213. The Morgan fingerprint density at radius 1 is 1.41 bits per heavy atom. The smallest absolute Gasteiger partial charge is 0.172 e. The standard InChI is InChI=1S/C12H14FN3S/c1-14-8-9-5-10(13)7-11(6-9)17-12-15-3-4-16(12)2/h3-7,14H,8H2,1-2H3. The lowest BCUT2D eigenvalue weighted by atomic mass is 10.2. The minimum Gasteiger partial charge on any atom is -0.329 e. The molecule has 0 aliphatic heterocycles. The molecule has 3 nitrogen and oxygen atoms in total. The maximum Gasteiger partial charge on any atom is 0.172 e. The van der Waals surface area contributed by atoms with Gasteiger partial charge in [-0.15, -0.1) is 0 Å². The molecular weight excluding hydrogens is 237 g/mol. The van der Waals surface area contributed by atoms with Crippen LogP contribution in [0.2, 0.25) is 0 Å². The summed E-state index contributed by atoms with van der Waals surface area (Å²) < 4.78 is 15.3. The molecule has 90 valence electrons. The van der Waals surface area contributed by atoms with E-state index in [4.69, 9.17) is 0 Å². The van der Waals surface area contributed by atoms with Crippen LogP contribution in [0.1, 0.15) is 5.56 Å². The van der Waals surface area contributed by atoms with Gasteiger partial charge in [0, 0.05) is 30.9 Å². The van der Waals surface area contributed by atoms with Crippen molar-refractivity contribution in [1.29, 1.82) is 0 Å². The summed E-state index contributed by atoms with van der Waals surface area (Å²) in [4.78, 5) is 5.07. The molecule has 0 spiro atoms. The largest absolute Gasteiger partial charge is 0.329 e. The van der Waals surface area contributed by atoms with Crippen LogP contribution in [-0.4, -0.2) is 16.6 Å². The van der Waals surface area contributed by atoms with Crippen LogP contribution >= 0.6 is 11.8 Å². The second-order valence-electron chi connectivity index (χ2n) is 3.75.